The second kappa shape index (κ2) is 8.46. The maximum atomic E-state index is 13.2. The molecule has 1 aliphatic heterocycles. The Kier molecular flexibility index (Phi) is 5.35. The van der Waals surface area contributed by atoms with E-state index in [-0.39, 0.29) is 11.8 Å². The van der Waals surface area contributed by atoms with Crippen LogP contribution in [0.5, 0.6) is 0 Å². The Morgan fingerprint density at radius 3 is 2.75 bits per heavy atom. The fourth-order valence-corrected chi connectivity index (χ4v) is 4.56. The lowest BCUT2D eigenvalue weighted by Crippen LogP contribution is -2.39. The minimum Gasteiger partial charge on any atom is -0.397 e. The van der Waals surface area contributed by atoms with Gasteiger partial charge in [-0.3, -0.25) is 9.78 Å². The maximum Gasteiger partial charge on any atom is 0.253 e. The number of benzene rings is 2. The van der Waals surface area contributed by atoms with Gasteiger partial charge in [0.2, 0.25) is 0 Å². The number of anilines is 1. The Morgan fingerprint density at radius 1 is 1.16 bits per heavy atom. The predicted molar refractivity (Wildman–Crippen MR) is 127 cm³/mol. The second-order valence-electron chi connectivity index (χ2n) is 8.55. The van der Waals surface area contributed by atoms with E-state index in [1.807, 2.05) is 72.6 Å². The van der Waals surface area contributed by atoms with Gasteiger partial charge in [0.1, 0.15) is 5.82 Å². The zero-order chi connectivity index (χ0) is 22.1. The first-order valence-electron chi connectivity index (χ1n) is 11.1. The van der Waals surface area contributed by atoms with Crippen LogP contribution in [0.3, 0.4) is 0 Å². The van der Waals surface area contributed by atoms with Crippen LogP contribution in [0, 0.1) is 6.92 Å². The Hall–Kier alpha value is -3.67. The van der Waals surface area contributed by atoms with E-state index in [0.29, 0.717) is 12.2 Å². The van der Waals surface area contributed by atoms with E-state index in [1.54, 1.807) is 6.20 Å². The molecule has 2 aromatic heterocycles. The molecule has 1 amide bonds. The molecular weight excluding hydrogens is 398 g/mol. The third kappa shape index (κ3) is 3.96. The van der Waals surface area contributed by atoms with Gasteiger partial charge in [-0.05, 0) is 49.6 Å². The summed E-state index contributed by atoms with van der Waals surface area (Å²) in [7, 11) is 0. The highest BCUT2D eigenvalue weighted by Crippen LogP contribution is 2.32. The highest BCUT2D eigenvalue weighted by atomic mass is 16.2. The number of hydrogen-bond donors (Lipinski definition) is 1. The third-order valence-electron chi connectivity index (χ3n) is 6.36. The van der Waals surface area contributed by atoms with Crippen molar-refractivity contribution in [1.82, 2.24) is 19.4 Å². The first-order valence-corrected chi connectivity index (χ1v) is 11.1. The summed E-state index contributed by atoms with van der Waals surface area (Å²) in [6, 6.07) is 17.9. The number of hydrogen-bond acceptors (Lipinski definition) is 4. The molecule has 4 aromatic rings. The van der Waals surface area contributed by atoms with Crippen molar-refractivity contribution in [3.8, 4) is 0 Å². The summed E-state index contributed by atoms with van der Waals surface area (Å²) in [5.41, 5.74) is 10.8. The monoisotopic (exact) mass is 425 g/mol. The van der Waals surface area contributed by atoms with Gasteiger partial charge in [-0.15, -0.1) is 0 Å². The number of rotatable bonds is 4. The van der Waals surface area contributed by atoms with Gasteiger partial charge in [-0.2, -0.15) is 0 Å². The number of fused-ring (bicyclic) bond motifs is 1. The normalized spacial score (nSPS) is 16.4. The highest BCUT2D eigenvalue weighted by Gasteiger charge is 2.27. The summed E-state index contributed by atoms with van der Waals surface area (Å²) in [6.07, 6.45) is 5.71. The third-order valence-corrected chi connectivity index (χ3v) is 6.36. The zero-order valence-electron chi connectivity index (χ0n) is 18.2. The summed E-state index contributed by atoms with van der Waals surface area (Å²) in [5, 5.41) is 1.04. The average molecular weight is 426 g/mol. The first kappa shape index (κ1) is 20.2. The van der Waals surface area contributed by atoms with Crippen molar-refractivity contribution in [2.24, 2.45) is 0 Å². The van der Waals surface area contributed by atoms with Crippen molar-refractivity contribution in [3.05, 3.63) is 89.6 Å². The SMILES string of the molecule is Cc1nccn1Cc1ccc(C(=O)N2CCC[C@H](c3nc4ccccc4cc3N)C2)cc1. The minimum absolute atomic E-state index is 0.0689. The van der Waals surface area contributed by atoms with E-state index in [0.717, 1.165) is 59.5 Å². The summed E-state index contributed by atoms with van der Waals surface area (Å²) in [4.78, 5) is 24.3. The molecule has 0 radical (unpaired) electrons. The Labute approximate surface area is 187 Å². The molecule has 162 valence electrons. The largest absolute Gasteiger partial charge is 0.397 e. The Bertz CT molecular complexity index is 1260. The van der Waals surface area contributed by atoms with E-state index in [9.17, 15) is 4.79 Å². The number of nitrogens with zero attached hydrogens (tertiary/aromatic N) is 4. The van der Waals surface area contributed by atoms with Gasteiger partial charge in [0.15, 0.2) is 0 Å². The fraction of sp³-hybridized carbons (Fsp3) is 0.269. The number of aryl methyl sites for hydroxylation is 1. The molecule has 0 spiro atoms. The smallest absolute Gasteiger partial charge is 0.253 e. The molecule has 3 heterocycles. The number of para-hydroxylation sites is 1. The Balaban J connectivity index is 1.31. The number of carbonyl (C=O) groups is 1. The molecule has 2 aromatic carbocycles. The molecule has 0 aliphatic carbocycles. The number of carbonyl (C=O) groups excluding carboxylic acids is 1. The molecule has 0 bridgehead atoms. The van der Waals surface area contributed by atoms with Crippen LogP contribution >= 0.6 is 0 Å². The molecule has 1 atom stereocenters. The van der Waals surface area contributed by atoms with Gasteiger partial charge >= 0.3 is 0 Å². The molecule has 6 nitrogen and oxygen atoms in total. The number of imidazole rings is 1. The van der Waals surface area contributed by atoms with Gasteiger partial charge in [0.05, 0.1) is 16.9 Å². The van der Waals surface area contributed by atoms with Crippen LogP contribution < -0.4 is 5.73 Å². The second-order valence-corrected chi connectivity index (χ2v) is 8.55. The summed E-state index contributed by atoms with van der Waals surface area (Å²) in [5.74, 6) is 1.20. The van der Waals surface area contributed by atoms with E-state index >= 15 is 0 Å². The Morgan fingerprint density at radius 2 is 1.97 bits per heavy atom. The van der Waals surface area contributed by atoms with Crippen molar-refractivity contribution in [3.63, 3.8) is 0 Å². The van der Waals surface area contributed by atoms with E-state index in [1.165, 1.54) is 0 Å². The van der Waals surface area contributed by atoms with Crippen LogP contribution in [0.15, 0.2) is 67.0 Å². The van der Waals surface area contributed by atoms with Gasteiger partial charge in [0, 0.05) is 48.9 Å². The van der Waals surface area contributed by atoms with Crippen LogP contribution in [0.1, 0.15) is 46.2 Å². The number of piperidine rings is 1. The highest BCUT2D eigenvalue weighted by molar-refractivity contribution is 5.94. The van der Waals surface area contributed by atoms with Crippen LogP contribution in [0.4, 0.5) is 5.69 Å². The van der Waals surface area contributed by atoms with Crippen LogP contribution in [-0.4, -0.2) is 38.4 Å². The number of amides is 1. The van der Waals surface area contributed by atoms with Crippen LogP contribution in [-0.2, 0) is 6.54 Å². The zero-order valence-corrected chi connectivity index (χ0v) is 18.2. The quantitative estimate of drug-likeness (QED) is 0.526. The van der Waals surface area contributed by atoms with E-state index in [2.05, 4.69) is 9.55 Å². The average Bonchev–Trinajstić information content (AvgIpc) is 3.23. The van der Waals surface area contributed by atoms with E-state index in [4.69, 9.17) is 10.7 Å². The molecule has 32 heavy (non-hydrogen) atoms. The molecule has 1 fully saturated rings. The van der Waals surface area contributed by atoms with Gasteiger partial charge < -0.3 is 15.2 Å². The van der Waals surface area contributed by atoms with Gasteiger partial charge in [0.25, 0.3) is 5.91 Å². The summed E-state index contributed by atoms with van der Waals surface area (Å²) >= 11 is 0. The summed E-state index contributed by atoms with van der Waals surface area (Å²) < 4.78 is 2.09. The summed E-state index contributed by atoms with van der Waals surface area (Å²) in [6.45, 7) is 4.14. The lowest BCUT2D eigenvalue weighted by molar-refractivity contribution is 0.0706. The van der Waals surface area contributed by atoms with Gasteiger partial charge in [-0.1, -0.05) is 30.3 Å². The van der Waals surface area contributed by atoms with Crippen molar-refractivity contribution in [2.45, 2.75) is 32.2 Å². The lowest BCUT2D eigenvalue weighted by atomic mass is 9.92. The molecule has 1 aliphatic rings. The molecule has 0 saturated carbocycles. The van der Waals surface area contributed by atoms with Crippen molar-refractivity contribution < 1.29 is 4.79 Å². The molecule has 1 saturated heterocycles. The first-order chi connectivity index (χ1) is 15.6. The lowest BCUT2D eigenvalue weighted by Gasteiger charge is -2.33. The number of nitrogen functional groups attached to an aromatic ring is 1. The molecule has 5 rings (SSSR count). The number of nitrogens with two attached hydrogens (primary N) is 1. The molecular formula is C26H27N5O. The standard InChI is InChI=1S/C26H27N5O/c1-18-28-12-14-30(18)16-19-8-10-20(11-9-19)26(32)31-13-4-6-22(17-31)25-23(27)15-21-5-2-3-7-24(21)29-25/h2-3,5,7-12,14-15,22H,4,6,13,16-17,27H2,1H3/t22-/m0/s1. The fourth-order valence-electron chi connectivity index (χ4n) is 4.56. The molecule has 6 heteroatoms. The van der Waals surface area contributed by atoms with Crippen molar-refractivity contribution in [2.75, 3.05) is 18.8 Å². The minimum atomic E-state index is 0.0689. The number of aromatic nitrogens is 3. The number of likely N-dealkylation sites (tertiary alicyclic amines) is 1. The maximum absolute atomic E-state index is 13.2. The van der Waals surface area contributed by atoms with E-state index < -0.39 is 0 Å². The van der Waals surface area contributed by atoms with Gasteiger partial charge in [-0.25, -0.2) is 4.98 Å². The van der Waals surface area contributed by atoms with Crippen molar-refractivity contribution >= 4 is 22.5 Å². The predicted octanol–water partition coefficient (Wildman–Crippen LogP) is 4.39. The number of pyridine rings is 1. The molecule has 2 N–H and O–H groups in total. The molecule has 0 unspecified atom stereocenters. The topological polar surface area (TPSA) is 77.0 Å². The van der Waals surface area contributed by atoms with Crippen LogP contribution in [0.2, 0.25) is 0 Å². The van der Waals surface area contributed by atoms with Crippen LogP contribution in [0.25, 0.3) is 10.9 Å². The van der Waals surface area contributed by atoms with Crippen molar-refractivity contribution in [1.29, 1.82) is 0 Å².